The van der Waals surface area contributed by atoms with Crippen LogP contribution < -0.4 is 9.47 Å². The number of aliphatic hydroxyl groups excluding tert-OH is 1. The fourth-order valence-electron chi connectivity index (χ4n) is 1.38. The second-order valence-corrected chi connectivity index (χ2v) is 3.38. The zero-order valence-corrected chi connectivity index (χ0v) is 10.5. The second kappa shape index (κ2) is 8.20. The molecule has 0 saturated heterocycles. The van der Waals surface area contributed by atoms with E-state index >= 15 is 0 Å². The van der Waals surface area contributed by atoms with Crippen LogP contribution in [0.3, 0.4) is 0 Å². The van der Waals surface area contributed by atoms with Gasteiger partial charge in [0, 0.05) is 0 Å². The van der Waals surface area contributed by atoms with Crippen molar-refractivity contribution in [1.82, 2.24) is 0 Å². The predicted molar refractivity (Wildman–Crippen MR) is 70.8 cm³/mol. The molecule has 4 nitrogen and oxygen atoms in total. The summed E-state index contributed by atoms with van der Waals surface area (Å²) in [5.74, 6) is 1.31. The Bertz CT molecular complexity index is 399. The molecule has 1 aromatic rings. The molecule has 1 N–H and O–H groups in total. The van der Waals surface area contributed by atoms with Gasteiger partial charge < -0.3 is 19.3 Å². The van der Waals surface area contributed by atoms with Crippen molar-refractivity contribution < 1.29 is 19.3 Å². The van der Waals surface area contributed by atoms with Crippen molar-refractivity contribution in [3.8, 4) is 11.5 Å². The molecular weight excluding hydrogens is 232 g/mol. The fraction of sp³-hybridized carbons (Fsp3) is 0.286. The lowest BCUT2D eigenvalue weighted by atomic mass is 10.2. The van der Waals surface area contributed by atoms with E-state index in [0.717, 1.165) is 5.56 Å². The number of benzene rings is 1. The van der Waals surface area contributed by atoms with Gasteiger partial charge in [-0.3, -0.25) is 0 Å². The van der Waals surface area contributed by atoms with Crippen LogP contribution in [-0.2, 0) is 4.74 Å². The topological polar surface area (TPSA) is 47.9 Å². The Morgan fingerprint density at radius 2 is 2.11 bits per heavy atom. The molecule has 0 bridgehead atoms. The van der Waals surface area contributed by atoms with E-state index in [1.165, 1.54) is 6.26 Å². The van der Waals surface area contributed by atoms with Gasteiger partial charge in [-0.2, -0.15) is 0 Å². The first-order chi connectivity index (χ1) is 8.81. The van der Waals surface area contributed by atoms with Gasteiger partial charge in [-0.25, -0.2) is 0 Å². The number of methoxy groups -OCH3 is 1. The van der Waals surface area contributed by atoms with Gasteiger partial charge >= 0.3 is 0 Å². The smallest absolute Gasteiger partial charge is 0.161 e. The first-order valence-corrected chi connectivity index (χ1v) is 5.62. The molecule has 0 fully saturated rings. The highest BCUT2D eigenvalue weighted by Gasteiger charge is 2.04. The Hall–Kier alpha value is -1.94. The molecule has 0 aliphatic rings. The van der Waals surface area contributed by atoms with Crippen molar-refractivity contribution in [3.63, 3.8) is 0 Å². The highest BCUT2D eigenvalue weighted by Crippen LogP contribution is 2.28. The van der Waals surface area contributed by atoms with Crippen molar-refractivity contribution in [1.29, 1.82) is 0 Å². The molecular formula is C14H18O4. The van der Waals surface area contributed by atoms with Crippen LogP contribution in [0.5, 0.6) is 11.5 Å². The number of aliphatic hydroxyl groups is 1. The third kappa shape index (κ3) is 4.51. The van der Waals surface area contributed by atoms with E-state index in [-0.39, 0.29) is 6.61 Å². The zero-order chi connectivity index (χ0) is 13.2. The maximum atomic E-state index is 8.71. The summed E-state index contributed by atoms with van der Waals surface area (Å²) in [6, 6.07) is 5.55. The van der Waals surface area contributed by atoms with E-state index in [1.807, 2.05) is 24.3 Å². The Morgan fingerprint density at radius 1 is 1.28 bits per heavy atom. The molecule has 0 aliphatic heterocycles. The van der Waals surface area contributed by atoms with Crippen molar-refractivity contribution in [3.05, 3.63) is 42.7 Å². The molecule has 0 aromatic heterocycles. The third-order valence-electron chi connectivity index (χ3n) is 2.18. The maximum Gasteiger partial charge on any atom is 0.161 e. The summed E-state index contributed by atoms with van der Waals surface area (Å²) in [6.07, 6.45) is 4.85. The molecule has 0 amide bonds. The van der Waals surface area contributed by atoms with E-state index in [0.29, 0.717) is 24.7 Å². The van der Waals surface area contributed by atoms with Gasteiger partial charge in [0.25, 0.3) is 0 Å². The van der Waals surface area contributed by atoms with E-state index < -0.39 is 0 Å². The van der Waals surface area contributed by atoms with Gasteiger partial charge in [0.15, 0.2) is 11.5 Å². The van der Waals surface area contributed by atoms with Crippen LogP contribution in [0.25, 0.3) is 6.08 Å². The van der Waals surface area contributed by atoms with Gasteiger partial charge in [-0.1, -0.05) is 24.8 Å². The molecule has 0 saturated carbocycles. The SMILES string of the molecule is C=COCCOc1ccc(C=CCO)cc1OC. The maximum absolute atomic E-state index is 8.71. The molecule has 18 heavy (non-hydrogen) atoms. The van der Waals surface area contributed by atoms with E-state index in [1.54, 1.807) is 13.2 Å². The van der Waals surface area contributed by atoms with Crippen molar-refractivity contribution in [2.24, 2.45) is 0 Å². The molecule has 0 radical (unpaired) electrons. The monoisotopic (exact) mass is 250 g/mol. The van der Waals surface area contributed by atoms with E-state index in [4.69, 9.17) is 19.3 Å². The average molecular weight is 250 g/mol. The number of ether oxygens (including phenoxy) is 3. The summed E-state index contributed by atoms with van der Waals surface area (Å²) >= 11 is 0. The molecule has 0 unspecified atom stereocenters. The molecule has 1 rings (SSSR count). The largest absolute Gasteiger partial charge is 0.498 e. The van der Waals surface area contributed by atoms with Crippen LogP contribution in [-0.4, -0.2) is 32.0 Å². The minimum absolute atomic E-state index is 0.0134. The van der Waals surface area contributed by atoms with Crippen LogP contribution in [0.15, 0.2) is 37.1 Å². The van der Waals surface area contributed by atoms with Crippen LogP contribution >= 0.6 is 0 Å². The summed E-state index contributed by atoms with van der Waals surface area (Å²) in [4.78, 5) is 0. The van der Waals surface area contributed by atoms with Crippen LogP contribution in [0.1, 0.15) is 5.56 Å². The fourth-order valence-corrected chi connectivity index (χ4v) is 1.38. The average Bonchev–Trinajstić information content (AvgIpc) is 2.42. The Kier molecular flexibility index (Phi) is 6.43. The third-order valence-corrected chi connectivity index (χ3v) is 2.18. The lowest BCUT2D eigenvalue weighted by Crippen LogP contribution is -2.04. The molecule has 0 heterocycles. The lowest BCUT2D eigenvalue weighted by molar-refractivity contribution is 0.176. The molecule has 4 heteroatoms. The minimum Gasteiger partial charge on any atom is -0.498 e. The van der Waals surface area contributed by atoms with Crippen molar-refractivity contribution >= 4 is 6.08 Å². The van der Waals surface area contributed by atoms with E-state index in [2.05, 4.69) is 6.58 Å². The number of hydrogen-bond acceptors (Lipinski definition) is 4. The van der Waals surface area contributed by atoms with Gasteiger partial charge in [0.1, 0.15) is 13.2 Å². The highest BCUT2D eigenvalue weighted by molar-refractivity contribution is 5.55. The number of rotatable bonds is 8. The quantitative estimate of drug-likeness (QED) is 0.568. The van der Waals surface area contributed by atoms with Crippen molar-refractivity contribution in [2.45, 2.75) is 0 Å². The summed E-state index contributed by atoms with van der Waals surface area (Å²) in [5, 5.41) is 8.71. The van der Waals surface area contributed by atoms with Crippen molar-refractivity contribution in [2.75, 3.05) is 26.9 Å². The van der Waals surface area contributed by atoms with Crippen LogP contribution in [0.4, 0.5) is 0 Å². The first kappa shape index (κ1) is 14.1. The summed E-state index contributed by atoms with van der Waals surface area (Å²) in [5.41, 5.74) is 0.940. The molecule has 98 valence electrons. The summed E-state index contributed by atoms with van der Waals surface area (Å²) in [6.45, 7) is 4.33. The standard InChI is InChI=1S/C14H18O4/c1-3-17-9-10-18-13-7-6-12(5-4-8-15)11-14(13)16-2/h3-7,11,15H,1,8-10H2,2H3. The van der Waals surface area contributed by atoms with Gasteiger partial charge in [-0.05, 0) is 17.7 Å². The van der Waals surface area contributed by atoms with E-state index in [9.17, 15) is 0 Å². The summed E-state index contributed by atoms with van der Waals surface area (Å²) < 4.78 is 15.7. The minimum atomic E-state index is 0.0134. The number of hydrogen-bond donors (Lipinski definition) is 1. The van der Waals surface area contributed by atoms with Crippen LogP contribution in [0, 0.1) is 0 Å². The summed E-state index contributed by atoms with van der Waals surface area (Å²) in [7, 11) is 1.59. The lowest BCUT2D eigenvalue weighted by Gasteiger charge is -2.11. The normalized spacial score (nSPS) is 10.3. The highest BCUT2D eigenvalue weighted by atomic mass is 16.5. The Morgan fingerprint density at radius 3 is 2.78 bits per heavy atom. The van der Waals surface area contributed by atoms with Crippen LogP contribution in [0.2, 0.25) is 0 Å². The Labute approximate surface area is 107 Å². The first-order valence-electron chi connectivity index (χ1n) is 5.62. The van der Waals surface area contributed by atoms with Gasteiger partial charge in [-0.15, -0.1) is 0 Å². The zero-order valence-electron chi connectivity index (χ0n) is 10.5. The Balaban J connectivity index is 2.67. The molecule has 0 spiro atoms. The molecule has 0 aliphatic carbocycles. The molecule has 1 aromatic carbocycles. The molecule has 0 atom stereocenters. The predicted octanol–water partition coefficient (Wildman–Crippen LogP) is 2.24. The van der Waals surface area contributed by atoms with Gasteiger partial charge in [0.05, 0.1) is 20.0 Å². The van der Waals surface area contributed by atoms with Gasteiger partial charge in [0.2, 0.25) is 0 Å². The second-order valence-electron chi connectivity index (χ2n) is 3.38.